The van der Waals surface area contributed by atoms with Crippen molar-refractivity contribution < 1.29 is 14.2 Å². The monoisotopic (exact) mass is 299 g/mol. The smallest absolute Gasteiger partial charge is 0.0781 e. The summed E-state index contributed by atoms with van der Waals surface area (Å²) >= 11 is 0. The van der Waals surface area contributed by atoms with Gasteiger partial charge in [0.25, 0.3) is 0 Å². The summed E-state index contributed by atoms with van der Waals surface area (Å²) in [5.74, 6) is 0.610. The lowest BCUT2D eigenvalue weighted by molar-refractivity contribution is -0.160. The molecule has 124 valence electrons. The van der Waals surface area contributed by atoms with Gasteiger partial charge in [-0.05, 0) is 58.9 Å². The van der Waals surface area contributed by atoms with E-state index in [4.69, 9.17) is 14.2 Å². The molecule has 0 bridgehead atoms. The second kappa shape index (κ2) is 7.40. The van der Waals surface area contributed by atoms with Gasteiger partial charge in [0.2, 0.25) is 0 Å². The van der Waals surface area contributed by atoms with Crippen LogP contribution in [0.1, 0.15) is 53.4 Å². The van der Waals surface area contributed by atoms with E-state index in [2.05, 4.69) is 33.0 Å². The molecule has 0 aliphatic carbocycles. The maximum Gasteiger partial charge on any atom is 0.0781 e. The molecule has 2 fully saturated rings. The van der Waals surface area contributed by atoms with Crippen LogP contribution in [0.5, 0.6) is 0 Å². The van der Waals surface area contributed by atoms with Gasteiger partial charge >= 0.3 is 0 Å². The zero-order chi connectivity index (χ0) is 15.3. The number of ether oxygens (including phenoxy) is 3. The highest BCUT2D eigenvalue weighted by molar-refractivity contribution is 4.98. The van der Waals surface area contributed by atoms with Crippen LogP contribution in [0.2, 0.25) is 0 Å². The topological polar surface area (TPSA) is 39.7 Å². The van der Waals surface area contributed by atoms with Crippen LogP contribution in [-0.2, 0) is 14.2 Å². The molecule has 0 aromatic heterocycles. The van der Waals surface area contributed by atoms with Crippen molar-refractivity contribution in [3.63, 3.8) is 0 Å². The Morgan fingerprint density at radius 2 is 1.95 bits per heavy atom. The third-order valence-corrected chi connectivity index (χ3v) is 5.10. The quantitative estimate of drug-likeness (QED) is 0.818. The molecule has 0 aromatic carbocycles. The van der Waals surface area contributed by atoms with Crippen molar-refractivity contribution in [2.45, 2.75) is 70.6 Å². The van der Waals surface area contributed by atoms with Gasteiger partial charge in [-0.1, -0.05) is 6.92 Å². The predicted molar refractivity (Wildman–Crippen MR) is 84.6 cm³/mol. The van der Waals surface area contributed by atoms with Gasteiger partial charge in [0.1, 0.15) is 0 Å². The minimum atomic E-state index is -0.140. The van der Waals surface area contributed by atoms with Crippen molar-refractivity contribution >= 4 is 0 Å². The minimum absolute atomic E-state index is 0.0527. The molecule has 1 spiro atoms. The Bertz CT molecular complexity index is 308. The van der Waals surface area contributed by atoms with Gasteiger partial charge in [0.15, 0.2) is 0 Å². The zero-order valence-electron chi connectivity index (χ0n) is 14.2. The molecule has 2 atom stereocenters. The largest absolute Gasteiger partial charge is 0.381 e. The van der Waals surface area contributed by atoms with Gasteiger partial charge in [-0.3, -0.25) is 0 Å². The third-order valence-electron chi connectivity index (χ3n) is 5.10. The molecule has 4 heteroatoms. The maximum absolute atomic E-state index is 6.19. The molecule has 2 rings (SSSR count). The summed E-state index contributed by atoms with van der Waals surface area (Å²) in [5.41, 5.74) is -0.0870. The van der Waals surface area contributed by atoms with E-state index in [-0.39, 0.29) is 11.2 Å². The van der Waals surface area contributed by atoms with Crippen LogP contribution in [0.25, 0.3) is 0 Å². The van der Waals surface area contributed by atoms with Crippen LogP contribution >= 0.6 is 0 Å². The molecule has 21 heavy (non-hydrogen) atoms. The van der Waals surface area contributed by atoms with E-state index >= 15 is 0 Å². The first kappa shape index (κ1) is 17.2. The third kappa shape index (κ3) is 4.19. The molecular weight excluding hydrogens is 266 g/mol. The summed E-state index contributed by atoms with van der Waals surface area (Å²) in [6.07, 6.45) is 4.33. The first-order chi connectivity index (χ1) is 10.0. The lowest BCUT2D eigenvalue weighted by Crippen LogP contribution is -2.57. The van der Waals surface area contributed by atoms with Gasteiger partial charge in [-0.15, -0.1) is 0 Å². The number of hydrogen-bond donors (Lipinski definition) is 1. The Morgan fingerprint density at radius 3 is 2.57 bits per heavy atom. The van der Waals surface area contributed by atoms with Crippen molar-refractivity contribution in [3.05, 3.63) is 0 Å². The highest BCUT2D eigenvalue weighted by atomic mass is 16.5. The second-order valence-electron chi connectivity index (χ2n) is 6.97. The Kier molecular flexibility index (Phi) is 6.06. The molecule has 2 saturated heterocycles. The van der Waals surface area contributed by atoms with E-state index in [1.807, 2.05) is 0 Å². The fourth-order valence-corrected chi connectivity index (χ4v) is 4.10. The molecule has 2 aliphatic heterocycles. The number of likely N-dealkylation sites (N-methyl/N-ethyl adjacent to an activating group) is 1. The summed E-state index contributed by atoms with van der Waals surface area (Å²) in [4.78, 5) is 0. The average Bonchev–Trinajstić information content (AvgIpc) is 2.45. The first-order valence-electron chi connectivity index (χ1n) is 8.62. The van der Waals surface area contributed by atoms with Crippen molar-refractivity contribution in [2.24, 2.45) is 5.92 Å². The number of nitrogens with one attached hydrogen (secondary N) is 1. The second-order valence-corrected chi connectivity index (χ2v) is 6.97. The highest BCUT2D eigenvalue weighted by Crippen LogP contribution is 2.40. The lowest BCUT2D eigenvalue weighted by Gasteiger charge is -2.48. The molecule has 0 saturated carbocycles. The Morgan fingerprint density at radius 1 is 1.24 bits per heavy atom. The Balaban J connectivity index is 2.08. The van der Waals surface area contributed by atoms with Gasteiger partial charge in [0, 0.05) is 32.5 Å². The normalized spacial score (nSPS) is 27.7. The van der Waals surface area contributed by atoms with E-state index in [0.717, 1.165) is 58.7 Å². The van der Waals surface area contributed by atoms with Gasteiger partial charge < -0.3 is 19.5 Å². The summed E-state index contributed by atoms with van der Waals surface area (Å²) in [7, 11) is 0. The average molecular weight is 299 g/mol. The van der Waals surface area contributed by atoms with Gasteiger partial charge in [0.05, 0.1) is 11.2 Å². The molecule has 0 radical (unpaired) electrons. The van der Waals surface area contributed by atoms with Crippen molar-refractivity contribution in [1.82, 2.24) is 5.32 Å². The van der Waals surface area contributed by atoms with Crippen LogP contribution in [0.3, 0.4) is 0 Å². The fraction of sp³-hybridized carbons (Fsp3) is 1.00. The molecule has 2 heterocycles. The van der Waals surface area contributed by atoms with Gasteiger partial charge in [-0.25, -0.2) is 0 Å². The molecule has 2 unspecified atom stereocenters. The van der Waals surface area contributed by atoms with Crippen molar-refractivity contribution in [3.8, 4) is 0 Å². The summed E-state index contributed by atoms with van der Waals surface area (Å²) in [5, 5.41) is 3.69. The predicted octanol–water partition coefficient (Wildman–Crippen LogP) is 2.76. The maximum atomic E-state index is 6.19. The summed E-state index contributed by atoms with van der Waals surface area (Å²) < 4.78 is 17.8. The Labute approximate surface area is 129 Å². The highest BCUT2D eigenvalue weighted by Gasteiger charge is 2.44. The van der Waals surface area contributed by atoms with Gasteiger partial charge in [-0.2, -0.15) is 0 Å². The van der Waals surface area contributed by atoms with E-state index in [1.54, 1.807) is 0 Å². The summed E-state index contributed by atoms with van der Waals surface area (Å²) in [6.45, 7) is 13.0. The van der Waals surface area contributed by atoms with Crippen LogP contribution in [0, 0.1) is 5.92 Å². The molecule has 0 amide bonds. The van der Waals surface area contributed by atoms with Crippen LogP contribution < -0.4 is 5.32 Å². The molecular formula is C17H33NO3. The van der Waals surface area contributed by atoms with E-state index < -0.39 is 0 Å². The molecule has 0 aromatic rings. The molecule has 2 aliphatic rings. The molecule has 1 N–H and O–H groups in total. The van der Waals surface area contributed by atoms with Crippen LogP contribution in [-0.4, -0.2) is 50.2 Å². The van der Waals surface area contributed by atoms with Crippen LogP contribution in [0.15, 0.2) is 0 Å². The van der Waals surface area contributed by atoms with E-state index in [0.29, 0.717) is 12.0 Å². The number of rotatable bonds is 6. The molecule has 4 nitrogen and oxygen atoms in total. The first-order valence-corrected chi connectivity index (χ1v) is 8.62. The zero-order valence-corrected chi connectivity index (χ0v) is 14.2. The lowest BCUT2D eigenvalue weighted by atomic mass is 9.74. The summed E-state index contributed by atoms with van der Waals surface area (Å²) in [6, 6.07) is 0.381. The van der Waals surface area contributed by atoms with Crippen molar-refractivity contribution in [1.29, 1.82) is 0 Å². The minimum Gasteiger partial charge on any atom is -0.381 e. The van der Waals surface area contributed by atoms with Crippen LogP contribution in [0.4, 0.5) is 0 Å². The van der Waals surface area contributed by atoms with Crippen molar-refractivity contribution in [2.75, 3.05) is 33.0 Å². The SMILES string of the molecule is CCNC(C1CCOC2(CCOCC2)C1)C(C)(C)OCC. The van der Waals surface area contributed by atoms with E-state index in [9.17, 15) is 0 Å². The van der Waals surface area contributed by atoms with E-state index in [1.165, 1.54) is 0 Å². The fourth-order valence-electron chi connectivity index (χ4n) is 4.10. The Hall–Kier alpha value is -0.160. The standard InChI is InChI=1S/C17H33NO3/c1-5-18-15(16(3,4)20-6-2)14-7-10-21-17(13-14)8-11-19-12-9-17/h14-15,18H,5-13H2,1-4H3. The number of hydrogen-bond acceptors (Lipinski definition) is 4.